The zero-order chi connectivity index (χ0) is 20.6. The first-order chi connectivity index (χ1) is 13.8. The molecule has 0 unspecified atom stereocenters. The fourth-order valence-electron chi connectivity index (χ4n) is 3.83. The summed E-state index contributed by atoms with van der Waals surface area (Å²) in [6.45, 7) is 2.59. The Morgan fingerprint density at radius 3 is 2.59 bits per heavy atom. The van der Waals surface area contributed by atoms with E-state index >= 15 is 0 Å². The summed E-state index contributed by atoms with van der Waals surface area (Å²) in [6.07, 6.45) is 3.20. The van der Waals surface area contributed by atoms with Crippen LogP contribution in [0.1, 0.15) is 30.1 Å². The summed E-state index contributed by atoms with van der Waals surface area (Å²) in [5.74, 6) is -0.278. The molecule has 29 heavy (non-hydrogen) atoms. The maximum Gasteiger partial charge on any atom is 0.246 e. The van der Waals surface area contributed by atoms with E-state index in [1.54, 1.807) is 32.3 Å². The van der Waals surface area contributed by atoms with E-state index < -0.39 is 10.0 Å². The molecule has 6 nitrogen and oxygen atoms in total. The molecule has 0 radical (unpaired) electrons. The van der Waals surface area contributed by atoms with Crippen LogP contribution < -0.4 is 0 Å². The van der Waals surface area contributed by atoms with Crippen LogP contribution in [0.4, 0.5) is 4.39 Å². The van der Waals surface area contributed by atoms with Gasteiger partial charge in [0.1, 0.15) is 10.7 Å². The summed E-state index contributed by atoms with van der Waals surface area (Å²) in [7, 11) is -1.88. The van der Waals surface area contributed by atoms with Crippen molar-refractivity contribution in [2.24, 2.45) is 7.05 Å². The first-order valence-electron chi connectivity index (χ1n) is 9.58. The number of halogens is 1. The van der Waals surface area contributed by atoms with Gasteiger partial charge in [-0.3, -0.25) is 9.67 Å². The molecule has 0 amide bonds. The molecule has 3 aromatic rings. The minimum absolute atomic E-state index is 0.0101. The van der Waals surface area contributed by atoms with Crippen LogP contribution in [0.2, 0.25) is 0 Å². The van der Waals surface area contributed by atoms with Crippen LogP contribution in [0.15, 0.2) is 53.6 Å². The SMILES string of the molecule is Cc1nn(C)cc1S(=O)(=O)N1CCC[C@H](c2cccc(-c3ccc(F)cc3)n2)C1. The molecule has 0 spiro atoms. The zero-order valence-corrected chi connectivity index (χ0v) is 17.2. The molecule has 1 aliphatic heterocycles. The smallest absolute Gasteiger partial charge is 0.246 e. The molecule has 0 saturated carbocycles. The van der Waals surface area contributed by atoms with Gasteiger partial charge in [0.25, 0.3) is 0 Å². The number of aromatic nitrogens is 3. The van der Waals surface area contributed by atoms with Crippen molar-refractivity contribution in [3.05, 3.63) is 65.9 Å². The van der Waals surface area contributed by atoms with E-state index in [0.717, 1.165) is 29.8 Å². The summed E-state index contributed by atoms with van der Waals surface area (Å²) in [5.41, 5.74) is 2.95. The number of aryl methyl sites for hydroxylation is 2. The van der Waals surface area contributed by atoms with Crippen LogP contribution in [0.5, 0.6) is 0 Å². The highest BCUT2D eigenvalue weighted by molar-refractivity contribution is 7.89. The Balaban J connectivity index is 1.60. The van der Waals surface area contributed by atoms with Crippen molar-refractivity contribution in [1.29, 1.82) is 0 Å². The van der Waals surface area contributed by atoms with Crippen molar-refractivity contribution in [3.8, 4) is 11.3 Å². The predicted octanol–water partition coefficient (Wildman–Crippen LogP) is 3.50. The van der Waals surface area contributed by atoms with E-state index in [2.05, 4.69) is 5.10 Å². The molecule has 1 aromatic carbocycles. The van der Waals surface area contributed by atoms with Gasteiger partial charge in [0, 0.05) is 43.5 Å². The maximum atomic E-state index is 13.2. The number of benzene rings is 1. The fraction of sp³-hybridized carbons (Fsp3) is 0.333. The van der Waals surface area contributed by atoms with E-state index in [9.17, 15) is 12.8 Å². The molecule has 152 valence electrons. The first kappa shape index (κ1) is 19.7. The van der Waals surface area contributed by atoms with Crippen LogP contribution in [0, 0.1) is 12.7 Å². The van der Waals surface area contributed by atoms with E-state index in [4.69, 9.17) is 4.98 Å². The zero-order valence-electron chi connectivity index (χ0n) is 16.4. The van der Waals surface area contributed by atoms with Crippen LogP contribution >= 0.6 is 0 Å². The summed E-state index contributed by atoms with van der Waals surface area (Å²) < 4.78 is 42.5. The third-order valence-electron chi connectivity index (χ3n) is 5.30. The van der Waals surface area contributed by atoms with Gasteiger partial charge in [0.05, 0.1) is 11.4 Å². The standard InChI is InChI=1S/C21H23FN4O2S/c1-15-21(14-25(2)24-15)29(27,28)26-12-4-5-17(13-26)20-7-3-6-19(23-20)16-8-10-18(22)11-9-16/h3,6-11,14,17H,4-5,12-13H2,1-2H3/t17-/m0/s1. The van der Waals surface area contributed by atoms with Crippen LogP contribution in [0.25, 0.3) is 11.3 Å². The second-order valence-electron chi connectivity index (χ2n) is 7.41. The largest absolute Gasteiger partial charge is 0.274 e. The molecule has 3 heterocycles. The molecular weight excluding hydrogens is 391 g/mol. The molecule has 0 aliphatic carbocycles. The van der Waals surface area contributed by atoms with Gasteiger partial charge in [-0.1, -0.05) is 6.07 Å². The molecule has 1 atom stereocenters. The van der Waals surface area contributed by atoms with Crippen molar-refractivity contribution in [2.45, 2.75) is 30.6 Å². The monoisotopic (exact) mass is 414 g/mol. The van der Waals surface area contributed by atoms with Crippen molar-refractivity contribution in [1.82, 2.24) is 19.1 Å². The molecule has 0 bridgehead atoms. The van der Waals surface area contributed by atoms with Crippen molar-refractivity contribution >= 4 is 10.0 Å². The highest BCUT2D eigenvalue weighted by atomic mass is 32.2. The number of piperidine rings is 1. The summed E-state index contributed by atoms with van der Waals surface area (Å²) in [5, 5.41) is 4.17. The van der Waals surface area contributed by atoms with Gasteiger partial charge in [0.15, 0.2) is 0 Å². The molecule has 8 heteroatoms. The van der Waals surface area contributed by atoms with E-state index in [1.165, 1.54) is 21.1 Å². The first-order valence-corrected chi connectivity index (χ1v) is 11.0. The summed E-state index contributed by atoms with van der Waals surface area (Å²) >= 11 is 0. The molecule has 0 N–H and O–H groups in total. The Hall–Kier alpha value is -2.58. The Labute approximate surface area is 170 Å². The highest BCUT2D eigenvalue weighted by Gasteiger charge is 2.33. The lowest BCUT2D eigenvalue weighted by Gasteiger charge is -2.31. The minimum Gasteiger partial charge on any atom is -0.274 e. The number of hydrogen-bond acceptors (Lipinski definition) is 4. The number of sulfonamides is 1. The van der Waals surface area contributed by atoms with E-state index in [-0.39, 0.29) is 16.6 Å². The molecule has 1 aliphatic rings. The average Bonchev–Trinajstić information content (AvgIpc) is 3.07. The van der Waals surface area contributed by atoms with Crippen LogP contribution in [-0.2, 0) is 17.1 Å². The Bertz CT molecular complexity index is 1130. The average molecular weight is 415 g/mol. The fourth-order valence-corrected chi connectivity index (χ4v) is 5.56. The molecule has 1 saturated heterocycles. The summed E-state index contributed by atoms with van der Waals surface area (Å²) in [6, 6.07) is 12.0. The van der Waals surface area contributed by atoms with E-state index in [1.807, 2.05) is 18.2 Å². The van der Waals surface area contributed by atoms with Crippen LogP contribution in [-0.4, -0.2) is 40.6 Å². The van der Waals surface area contributed by atoms with Crippen molar-refractivity contribution < 1.29 is 12.8 Å². The molecular formula is C21H23FN4O2S. The van der Waals surface area contributed by atoms with Crippen molar-refractivity contribution in [3.63, 3.8) is 0 Å². The summed E-state index contributed by atoms with van der Waals surface area (Å²) in [4.78, 5) is 5.00. The van der Waals surface area contributed by atoms with Gasteiger partial charge in [-0.25, -0.2) is 12.8 Å². The Morgan fingerprint density at radius 1 is 1.14 bits per heavy atom. The van der Waals surface area contributed by atoms with Gasteiger partial charge in [-0.2, -0.15) is 9.40 Å². The lowest BCUT2D eigenvalue weighted by atomic mass is 9.95. The van der Waals surface area contributed by atoms with Crippen LogP contribution in [0.3, 0.4) is 0 Å². The van der Waals surface area contributed by atoms with Gasteiger partial charge < -0.3 is 0 Å². The van der Waals surface area contributed by atoms with Crippen molar-refractivity contribution in [2.75, 3.05) is 13.1 Å². The van der Waals surface area contributed by atoms with Gasteiger partial charge in [0.2, 0.25) is 10.0 Å². The maximum absolute atomic E-state index is 13.2. The van der Waals surface area contributed by atoms with Gasteiger partial charge >= 0.3 is 0 Å². The topological polar surface area (TPSA) is 68.1 Å². The molecule has 1 fully saturated rings. The molecule has 4 rings (SSSR count). The van der Waals surface area contributed by atoms with Gasteiger partial charge in [-0.15, -0.1) is 0 Å². The normalized spacial score (nSPS) is 18.1. The third-order valence-corrected chi connectivity index (χ3v) is 7.27. The number of nitrogens with zero attached hydrogens (tertiary/aromatic N) is 4. The lowest BCUT2D eigenvalue weighted by molar-refractivity contribution is 0.312. The molecule has 2 aromatic heterocycles. The highest BCUT2D eigenvalue weighted by Crippen LogP contribution is 2.31. The number of pyridine rings is 1. The predicted molar refractivity (Wildman–Crippen MR) is 108 cm³/mol. The third kappa shape index (κ3) is 3.95. The lowest BCUT2D eigenvalue weighted by Crippen LogP contribution is -2.39. The quantitative estimate of drug-likeness (QED) is 0.655. The van der Waals surface area contributed by atoms with Gasteiger partial charge in [-0.05, 0) is 56.2 Å². The van der Waals surface area contributed by atoms with E-state index in [0.29, 0.717) is 18.8 Å². The Kier molecular flexibility index (Phi) is 5.23. The number of rotatable bonds is 4. The Morgan fingerprint density at radius 2 is 1.90 bits per heavy atom. The second-order valence-corrected chi connectivity index (χ2v) is 9.32. The number of hydrogen-bond donors (Lipinski definition) is 0. The minimum atomic E-state index is -3.60. The second kappa shape index (κ2) is 7.68.